The van der Waals surface area contributed by atoms with Crippen LogP contribution in [-0.2, 0) is 4.74 Å². The van der Waals surface area contributed by atoms with E-state index in [9.17, 15) is 0 Å². The van der Waals surface area contributed by atoms with Gasteiger partial charge in [-0.05, 0) is 38.4 Å². The summed E-state index contributed by atoms with van der Waals surface area (Å²) in [6.45, 7) is 2.81. The number of pyridine rings is 1. The zero-order valence-electron chi connectivity index (χ0n) is 12.1. The van der Waals surface area contributed by atoms with Crippen molar-refractivity contribution < 1.29 is 9.47 Å². The first-order chi connectivity index (χ1) is 9.25. The Morgan fingerprint density at radius 3 is 2.68 bits per heavy atom. The van der Waals surface area contributed by atoms with Gasteiger partial charge in [-0.15, -0.1) is 0 Å². The molecule has 19 heavy (non-hydrogen) atoms. The van der Waals surface area contributed by atoms with Crippen molar-refractivity contribution in [2.75, 3.05) is 20.8 Å². The summed E-state index contributed by atoms with van der Waals surface area (Å²) in [7, 11) is 3.66. The minimum absolute atomic E-state index is 0.0997. The van der Waals surface area contributed by atoms with E-state index in [1.807, 2.05) is 19.3 Å². The van der Waals surface area contributed by atoms with Crippen LogP contribution >= 0.6 is 0 Å². The molecule has 0 spiro atoms. The number of nitrogens with zero attached hydrogens (tertiary/aromatic N) is 1. The van der Waals surface area contributed by atoms with Gasteiger partial charge >= 0.3 is 0 Å². The van der Waals surface area contributed by atoms with Crippen molar-refractivity contribution in [3.63, 3.8) is 0 Å². The fraction of sp³-hybridized carbons (Fsp3) is 0.667. The van der Waals surface area contributed by atoms with Gasteiger partial charge in [-0.2, -0.15) is 0 Å². The van der Waals surface area contributed by atoms with Gasteiger partial charge in [0.05, 0.1) is 24.9 Å². The molecule has 2 rings (SSSR count). The van der Waals surface area contributed by atoms with Crippen LogP contribution in [0.1, 0.15) is 44.2 Å². The van der Waals surface area contributed by atoms with E-state index in [2.05, 4.69) is 17.2 Å². The molecule has 1 aliphatic rings. The van der Waals surface area contributed by atoms with E-state index in [1.165, 1.54) is 12.8 Å². The average Bonchev–Trinajstić information content (AvgIpc) is 2.90. The normalized spacial score (nSPS) is 19.3. The van der Waals surface area contributed by atoms with Gasteiger partial charge in [-0.25, -0.2) is 0 Å². The fourth-order valence-corrected chi connectivity index (χ4v) is 3.22. The van der Waals surface area contributed by atoms with E-state index in [-0.39, 0.29) is 11.6 Å². The SMILES string of the molecule is CCOC1(C(NC)c2cncc(OC)c2)CCCC1. The molecule has 4 heteroatoms. The topological polar surface area (TPSA) is 43.4 Å². The third-order valence-electron chi connectivity index (χ3n) is 4.00. The standard InChI is InChI=1S/C15H24N2O2/c1-4-19-15(7-5-6-8-15)14(16-2)12-9-13(18-3)11-17-10-12/h9-11,14,16H,4-8H2,1-3H3. The molecule has 0 bridgehead atoms. The van der Waals surface area contributed by atoms with Crippen molar-refractivity contribution in [3.8, 4) is 5.75 Å². The smallest absolute Gasteiger partial charge is 0.137 e. The highest BCUT2D eigenvalue weighted by Gasteiger charge is 2.42. The predicted octanol–water partition coefficient (Wildman–Crippen LogP) is 2.70. The first-order valence-electron chi connectivity index (χ1n) is 7.06. The minimum Gasteiger partial charge on any atom is -0.495 e. The lowest BCUT2D eigenvalue weighted by atomic mass is 9.87. The minimum atomic E-state index is -0.0997. The van der Waals surface area contributed by atoms with E-state index < -0.39 is 0 Å². The monoisotopic (exact) mass is 264 g/mol. The Labute approximate surface area is 115 Å². The second-order valence-electron chi connectivity index (χ2n) is 5.08. The van der Waals surface area contributed by atoms with Crippen LogP contribution in [0.4, 0.5) is 0 Å². The molecule has 1 aromatic rings. The summed E-state index contributed by atoms with van der Waals surface area (Å²) < 4.78 is 11.4. The molecular formula is C15H24N2O2. The summed E-state index contributed by atoms with van der Waals surface area (Å²) in [4.78, 5) is 4.27. The summed E-state index contributed by atoms with van der Waals surface area (Å²) in [5, 5.41) is 3.42. The molecule has 1 N–H and O–H groups in total. The molecule has 1 unspecified atom stereocenters. The Morgan fingerprint density at radius 1 is 1.37 bits per heavy atom. The summed E-state index contributed by atoms with van der Waals surface area (Å²) in [5.74, 6) is 0.794. The lowest BCUT2D eigenvalue weighted by molar-refractivity contribution is -0.0611. The molecule has 4 nitrogen and oxygen atoms in total. The van der Waals surface area contributed by atoms with Crippen molar-refractivity contribution in [1.82, 2.24) is 10.3 Å². The maximum absolute atomic E-state index is 6.14. The molecule has 1 atom stereocenters. The second kappa shape index (κ2) is 6.35. The zero-order valence-corrected chi connectivity index (χ0v) is 12.1. The van der Waals surface area contributed by atoms with Crippen LogP contribution in [0.2, 0.25) is 0 Å². The van der Waals surface area contributed by atoms with Gasteiger partial charge in [-0.1, -0.05) is 12.8 Å². The lowest BCUT2D eigenvalue weighted by Crippen LogP contribution is -2.43. The summed E-state index contributed by atoms with van der Waals surface area (Å²) in [6, 6.07) is 2.21. The van der Waals surface area contributed by atoms with Crippen molar-refractivity contribution in [3.05, 3.63) is 24.0 Å². The van der Waals surface area contributed by atoms with Crippen LogP contribution in [0.3, 0.4) is 0 Å². The average molecular weight is 264 g/mol. The summed E-state index contributed by atoms with van der Waals surface area (Å²) in [6.07, 6.45) is 8.30. The van der Waals surface area contributed by atoms with Gasteiger partial charge in [-0.3, -0.25) is 4.98 Å². The highest BCUT2D eigenvalue weighted by atomic mass is 16.5. The number of hydrogen-bond donors (Lipinski definition) is 1. The highest BCUT2D eigenvalue weighted by molar-refractivity contribution is 5.28. The molecule has 1 heterocycles. The van der Waals surface area contributed by atoms with Gasteiger partial charge in [0.25, 0.3) is 0 Å². The Balaban J connectivity index is 2.31. The number of methoxy groups -OCH3 is 1. The van der Waals surface area contributed by atoms with Gasteiger partial charge in [0, 0.05) is 12.8 Å². The van der Waals surface area contributed by atoms with Crippen LogP contribution in [0.15, 0.2) is 18.5 Å². The Bertz CT molecular complexity index is 403. The lowest BCUT2D eigenvalue weighted by Gasteiger charge is -2.37. The maximum atomic E-state index is 6.14. The van der Waals surface area contributed by atoms with Gasteiger partial charge < -0.3 is 14.8 Å². The molecule has 0 amide bonds. The van der Waals surface area contributed by atoms with Crippen LogP contribution in [-0.4, -0.2) is 31.3 Å². The molecule has 0 saturated heterocycles. The van der Waals surface area contributed by atoms with Gasteiger partial charge in [0.2, 0.25) is 0 Å². The number of hydrogen-bond acceptors (Lipinski definition) is 4. The Hall–Kier alpha value is -1.13. The Morgan fingerprint density at radius 2 is 2.11 bits per heavy atom. The highest BCUT2D eigenvalue weighted by Crippen LogP contribution is 2.43. The summed E-state index contributed by atoms with van der Waals surface area (Å²) in [5.41, 5.74) is 1.04. The maximum Gasteiger partial charge on any atom is 0.137 e. The first kappa shape index (κ1) is 14.3. The number of ether oxygens (including phenoxy) is 2. The largest absolute Gasteiger partial charge is 0.495 e. The molecule has 1 aromatic heterocycles. The quantitative estimate of drug-likeness (QED) is 0.858. The molecule has 106 valence electrons. The van der Waals surface area contributed by atoms with Crippen LogP contribution in [0, 0.1) is 0 Å². The van der Waals surface area contributed by atoms with E-state index in [0.717, 1.165) is 30.8 Å². The molecule has 1 saturated carbocycles. The van der Waals surface area contributed by atoms with Gasteiger partial charge in [0.15, 0.2) is 0 Å². The van der Waals surface area contributed by atoms with Crippen molar-refractivity contribution >= 4 is 0 Å². The second-order valence-corrected chi connectivity index (χ2v) is 5.08. The van der Waals surface area contributed by atoms with Crippen molar-refractivity contribution in [1.29, 1.82) is 0 Å². The van der Waals surface area contributed by atoms with E-state index in [0.29, 0.717) is 0 Å². The summed E-state index contributed by atoms with van der Waals surface area (Å²) >= 11 is 0. The van der Waals surface area contributed by atoms with Crippen molar-refractivity contribution in [2.24, 2.45) is 0 Å². The number of rotatable bonds is 6. The number of likely N-dealkylation sites (N-methyl/N-ethyl adjacent to an activating group) is 1. The third kappa shape index (κ3) is 2.90. The van der Waals surface area contributed by atoms with E-state index in [1.54, 1.807) is 13.3 Å². The van der Waals surface area contributed by atoms with Gasteiger partial charge in [0.1, 0.15) is 5.75 Å². The first-order valence-corrected chi connectivity index (χ1v) is 7.06. The van der Waals surface area contributed by atoms with Crippen LogP contribution in [0.25, 0.3) is 0 Å². The molecule has 0 aliphatic heterocycles. The number of aromatic nitrogens is 1. The van der Waals surface area contributed by atoms with Crippen LogP contribution < -0.4 is 10.1 Å². The fourth-order valence-electron chi connectivity index (χ4n) is 3.22. The molecule has 0 aromatic carbocycles. The molecule has 1 aliphatic carbocycles. The van der Waals surface area contributed by atoms with E-state index in [4.69, 9.17) is 9.47 Å². The van der Waals surface area contributed by atoms with E-state index >= 15 is 0 Å². The number of nitrogens with one attached hydrogen (secondary N) is 1. The predicted molar refractivity (Wildman–Crippen MR) is 75.4 cm³/mol. The molecule has 0 radical (unpaired) electrons. The third-order valence-corrected chi connectivity index (χ3v) is 4.00. The van der Waals surface area contributed by atoms with Crippen LogP contribution in [0.5, 0.6) is 5.75 Å². The zero-order chi connectivity index (χ0) is 13.7. The molecular weight excluding hydrogens is 240 g/mol. The van der Waals surface area contributed by atoms with Crippen molar-refractivity contribution in [2.45, 2.75) is 44.2 Å². The Kier molecular flexibility index (Phi) is 4.77. The molecule has 1 fully saturated rings.